The number of carbonyl (C=O) groups excluding carboxylic acids is 2. The summed E-state index contributed by atoms with van der Waals surface area (Å²) in [7, 11) is -3.38. The van der Waals surface area contributed by atoms with Gasteiger partial charge in [0.25, 0.3) is 5.91 Å². The second-order valence-corrected chi connectivity index (χ2v) is 10.0. The average molecular weight is 475 g/mol. The van der Waals surface area contributed by atoms with Crippen LogP contribution < -0.4 is 10.6 Å². The Morgan fingerprint density at radius 1 is 0.758 bits per heavy atom. The van der Waals surface area contributed by atoms with Gasteiger partial charge in [0.2, 0.25) is 5.91 Å². The van der Waals surface area contributed by atoms with Crippen molar-refractivity contribution in [2.75, 3.05) is 48.8 Å². The third kappa shape index (κ3) is 8.74. The Hall–Kier alpha value is -3.11. The molecule has 33 heavy (non-hydrogen) atoms. The maximum Gasteiger partial charge on any atom is 0.279 e. The van der Waals surface area contributed by atoms with Gasteiger partial charge in [0, 0.05) is 17.6 Å². The molecule has 0 saturated heterocycles. The molecule has 2 aromatic rings. The van der Waals surface area contributed by atoms with Crippen molar-refractivity contribution in [2.45, 2.75) is 20.8 Å². The van der Waals surface area contributed by atoms with Crippen LogP contribution >= 0.6 is 0 Å². The van der Waals surface area contributed by atoms with Crippen LogP contribution in [0.15, 0.2) is 58.8 Å². The van der Waals surface area contributed by atoms with Crippen LogP contribution in [0.1, 0.15) is 20.8 Å². The summed E-state index contributed by atoms with van der Waals surface area (Å²) in [5.74, 6) is -1.18. The number of likely N-dealkylation sites (N-methyl/N-ethyl adjacent to an activating group) is 1. The van der Waals surface area contributed by atoms with Gasteiger partial charge in [-0.2, -0.15) is 10.2 Å². The first-order valence-corrected chi connectivity index (χ1v) is 12.9. The van der Waals surface area contributed by atoms with Gasteiger partial charge in [-0.25, -0.2) is 8.42 Å². The molecule has 2 N–H and O–H groups in total. The lowest BCUT2D eigenvalue weighted by molar-refractivity contribution is -0.915. The topological polar surface area (TPSA) is 117 Å². The first-order valence-electron chi connectivity index (χ1n) is 10.8. The van der Waals surface area contributed by atoms with Crippen molar-refractivity contribution in [2.24, 2.45) is 10.2 Å². The van der Waals surface area contributed by atoms with Crippen molar-refractivity contribution in [1.29, 1.82) is 0 Å². The summed E-state index contributed by atoms with van der Waals surface area (Å²) in [6, 6.07) is 13.7. The van der Waals surface area contributed by atoms with Crippen LogP contribution in [0.3, 0.4) is 0 Å². The maximum absolute atomic E-state index is 12.4. The molecule has 9 nitrogen and oxygen atoms in total. The molecule has 10 heteroatoms. The van der Waals surface area contributed by atoms with Crippen LogP contribution in [0.5, 0.6) is 0 Å². The summed E-state index contributed by atoms with van der Waals surface area (Å²) in [6.45, 7) is 9.47. The van der Waals surface area contributed by atoms with Crippen molar-refractivity contribution in [3.63, 3.8) is 0 Å². The molecule has 0 atom stereocenters. The Morgan fingerprint density at radius 3 is 1.52 bits per heavy atom. The third-order valence-corrected chi connectivity index (χ3v) is 6.25. The average Bonchev–Trinajstić information content (AvgIpc) is 2.77. The van der Waals surface area contributed by atoms with E-state index < -0.39 is 21.5 Å². The summed E-state index contributed by atoms with van der Waals surface area (Å²) in [4.78, 5) is 24.1. The van der Waals surface area contributed by atoms with E-state index in [2.05, 4.69) is 41.6 Å². The number of anilines is 2. The van der Waals surface area contributed by atoms with Gasteiger partial charge in [0.1, 0.15) is 5.75 Å². The smallest absolute Gasteiger partial charge is 0.279 e. The normalized spacial score (nSPS) is 12.0. The zero-order chi connectivity index (χ0) is 24.5. The zero-order valence-corrected chi connectivity index (χ0v) is 20.4. The van der Waals surface area contributed by atoms with E-state index in [9.17, 15) is 18.0 Å². The summed E-state index contributed by atoms with van der Waals surface area (Å²) in [5.41, 5.74) is 2.37. The number of quaternary nitrogens is 1. The van der Waals surface area contributed by atoms with E-state index in [0.717, 1.165) is 30.4 Å². The lowest BCUT2D eigenvalue weighted by Crippen LogP contribution is -2.51. The molecule has 2 amide bonds. The van der Waals surface area contributed by atoms with E-state index in [1.807, 2.05) is 0 Å². The second-order valence-electron chi connectivity index (χ2n) is 7.91. The SMILES string of the molecule is CC[N+](CC)(CC)CC(=O)Nc1ccc(/N=N/c2ccc(NC(=O)CS(C)(=O)=O)cc2)cc1. The lowest BCUT2D eigenvalue weighted by atomic mass is 10.2. The number of nitrogens with one attached hydrogen (secondary N) is 2. The fourth-order valence-electron chi connectivity index (χ4n) is 3.28. The van der Waals surface area contributed by atoms with Crippen molar-refractivity contribution < 1.29 is 22.5 Å². The number of azo groups is 1. The van der Waals surface area contributed by atoms with Crippen molar-refractivity contribution >= 4 is 44.4 Å². The number of nitrogens with zero attached hydrogens (tertiary/aromatic N) is 3. The number of hydrogen-bond donors (Lipinski definition) is 2. The standard InChI is InChI=1S/C23H31N5O4S/c1-5-28(6-2,7-3)16-22(29)24-18-8-12-20(13-9-18)26-27-21-14-10-19(11-15-21)25-23(30)17-33(4,31)32/h8-15H,5-7,16-17H2,1-4H3,(H-,24,25,26,27,29,30)/p+1. The number of hydrogen-bond acceptors (Lipinski definition) is 6. The van der Waals surface area contributed by atoms with E-state index in [4.69, 9.17) is 0 Å². The summed E-state index contributed by atoms with van der Waals surface area (Å²) >= 11 is 0. The van der Waals surface area contributed by atoms with Crippen LogP contribution in [0.4, 0.5) is 22.7 Å². The summed E-state index contributed by atoms with van der Waals surface area (Å²) in [6.07, 6.45) is 1.01. The molecule has 0 aliphatic heterocycles. The molecular formula is C23H32N5O4S+. The van der Waals surface area contributed by atoms with E-state index in [0.29, 0.717) is 29.3 Å². The number of benzene rings is 2. The Morgan fingerprint density at radius 2 is 1.15 bits per heavy atom. The van der Waals surface area contributed by atoms with E-state index >= 15 is 0 Å². The van der Waals surface area contributed by atoms with Gasteiger partial charge in [0.15, 0.2) is 16.4 Å². The highest BCUT2D eigenvalue weighted by Crippen LogP contribution is 2.22. The first-order chi connectivity index (χ1) is 15.6. The molecular weight excluding hydrogens is 442 g/mol. The Balaban J connectivity index is 1.93. The molecule has 0 bridgehead atoms. The Bertz CT molecular complexity index is 1070. The van der Waals surface area contributed by atoms with Crippen LogP contribution in [0, 0.1) is 0 Å². The quantitative estimate of drug-likeness (QED) is 0.379. The highest BCUT2D eigenvalue weighted by atomic mass is 32.2. The summed E-state index contributed by atoms with van der Waals surface area (Å²) < 4.78 is 23.1. The molecule has 0 spiro atoms. The van der Waals surface area contributed by atoms with Crippen LogP contribution in [-0.2, 0) is 19.4 Å². The highest BCUT2D eigenvalue weighted by Gasteiger charge is 2.24. The number of amides is 2. The second kappa shape index (κ2) is 11.7. The molecule has 178 valence electrons. The minimum absolute atomic E-state index is 0.0151. The largest absolute Gasteiger partial charge is 0.325 e. The molecule has 0 heterocycles. The van der Waals surface area contributed by atoms with Crippen molar-refractivity contribution in [1.82, 2.24) is 0 Å². The fourth-order valence-corrected chi connectivity index (χ4v) is 3.83. The molecule has 2 rings (SSSR count). The first kappa shape index (κ1) is 26.1. The molecule has 0 aromatic heterocycles. The molecule has 0 aliphatic rings. The van der Waals surface area contributed by atoms with Gasteiger partial charge in [-0.05, 0) is 69.3 Å². The monoisotopic (exact) mass is 474 g/mol. The van der Waals surface area contributed by atoms with Gasteiger partial charge in [-0.1, -0.05) is 0 Å². The molecule has 2 aromatic carbocycles. The van der Waals surface area contributed by atoms with Crippen molar-refractivity contribution in [3.8, 4) is 0 Å². The molecule has 0 aliphatic carbocycles. The van der Waals surface area contributed by atoms with E-state index in [1.54, 1.807) is 48.5 Å². The zero-order valence-electron chi connectivity index (χ0n) is 19.5. The van der Waals surface area contributed by atoms with Gasteiger partial charge in [-0.15, -0.1) is 0 Å². The Labute approximate surface area is 195 Å². The Kier molecular flexibility index (Phi) is 9.24. The number of sulfone groups is 1. The molecule has 0 saturated carbocycles. The predicted octanol–water partition coefficient (Wildman–Crippen LogP) is 3.90. The van der Waals surface area contributed by atoms with E-state index in [1.165, 1.54) is 0 Å². The van der Waals surface area contributed by atoms with Crippen molar-refractivity contribution in [3.05, 3.63) is 48.5 Å². The minimum Gasteiger partial charge on any atom is -0.325 e. The van der Waals surface area contributed by atoms with Gasteiger partial charge in [0.05, 0.1) is 31.0 Å². The van der Waals surface area contributed by atoms with E-state index in [-0.39, 0.29) is 5.91 Å². The fraction of sp³-hybridized carbons (Fsp3) is 0.391. The van der Waals surface area contributed by atoms with Gasteiger partial charge < -0.3 is 15.1 Å². The molecule has 0 radical (unpaired) electrons. The number of carbonyl (C=O) groups is 2. The highest BCUT2D eigenvalue weighted by molar-refractivity contribution is 7.91. The maximum atomic E-state index is 12.4. The summed E-state index contributed by atoms with van der Waals surface area (Å²) in [5, 5.41) is 13.8. The van der Waals surface area contributed by atoms with Crippen LogP contribution in [-0.4, -0.2) is 62.9 Å². The predicted molar refractivity (Wildman–Crippen MR) is 131 cm³/mol. The lowest BCUT2D eigenvalue weighted by Gasteiger charge is -2.34. The third-order valence-electron chi connectivity index (χ3n) is 5.47. The van der Waals surface area contributed by atoms with Crippen LogP contribution in [0.2, 0.25) is 0 Å². The van der Waals surface area contributed by atoms with Gasteiger partial charge in [-0.3, -0.25) is 9.59 Å². The molecule has 0 fully saturated rings. The minimum atomic E-state index is -3.38. The van der Waals surface area contributed by atoms with Crippen LogP contribution in [0.25, 0.3) is 0 Å². The van der Waals surface area contributed by atoms with Gasteiger partial charge >= 0.3 is 0 Å². The molecule has 0 unspecified atom stereocenters. The number of rotatable bonds is 11.